The van der Waals surface area contributed by atoms with Crippen LogP contribution in [-0.2, 0) is 12.7 Å². The van der Waals surface area contributed by atoms with Crippen molar-refractivity contribution in [1.82, 2.24) is 4.90 Å². The molecule has 1 unspecified atom stereocenters. The molecule has 0 spiro atoms. The highest BCUT2D eigenvalue weighted by atomic mass is 79.9. The number of fused-ring (bicyclic) bond motifs is 1. The molecule has 0 radical (unpaired) electrons. The van der Waals surface area contributed by atoms with Crippen molar-refractivity contribution in [2.45, 2.75) is 18.8 Å². The van der Waals surface area contributed by atoms with Gasteiger partial charge in [0.05, 0.1) is 18.7 Å². The summed E-state index contributed by atoms with van der Waals surface area (Å²) < 4.78 is 74.0. The number of nitrogens with zero attached hydrogens (tertiary/aromatic N) is 1. The summed E-state index contributed by atoms with van der Waals surface area (Å²) in [6, 6.07) is 14.0. The van der Waals surface area contributed by atoms with Crippen LogP contribution < -0.4 is 10.1 Å². The Labute approximate surface area is 250 Å². The van der Waals surface area contributed by atoms with Crippen molar-refractivity contribution in [3.05, 3.63) is 127 Å². The number of amides is 2. The number of halogens is 7. The molecule has 1 aliphatic rings. The minimum absolute atomic E-state index is 0.0399. The quantitative estimate of drug-likeness (QED) is 0.211. The summed E-state index contributed by atoms with van der Waals surface area (Å²) in [7, 11) is 1.51. The largest absolute Gasteiger partial charge is 0.497 e. The van der Waals surface area contributed by atoms with Crippen LogP contribution in [0.1, 0.15) is 49.0 Å². The van der Waals surface area contributed by atoms with Crippen molar-refractivity contribution >= 4 is 45.0 Å². The van der Waals surface area contributed by atoms with Gasteiger partial charge in [-0.3, -0.25) is 9.59 Å². The van der Waals surface area contributed by atoms with Crippen LogP contribution in [0, 0.1) is 11.6 Å². The molecule has 0 fully saturated rings. The van der Waals surface area contributed by atoms with Gasteiger partial charge in [0.1, 0.15) is 17.4 Å². The molecule has 0 saturated carbocycles. The summed E-state index contributed by atoms with van der Waals surface area (Å²) in [5.41, 5.74) is -0.566. The molecule has 1 atom stereocenters. The minimum Gasteiger partial charge on any atom is -0.497 e. The Morgan fingerprint density at radius 2 is 1.71 bits per heavy atom. The van der Waals surface area contributed by atoms with Crippen LogP contribution in [0.2, 0.25) is 5.02 Å². The van der Waals surface area contributed by atoms with E-state index in [1.807, 2.05) is 0 Å². The highest BCUT2D eigenvalue weighted by Gasteiger charge is 2.41. The van der Waals surface area contributed by atoms with E-state index in [0.717, 1.165) is 6.07 Å². The van der Waals surface area contributed by atoms with E-state index in [-0.39, 0.29) is 40.0 Å². The molecule has 1 N–H and O–H groups in total. The van der Waals surface area contributed by atoms with Gasteiger partial charge in [-0.05, 0) is 66.2 Å². The number of hydrogen-bond donors (Lipinski definition) is 1. The number of nitrogens with one attached hydrogen (secondary N) is 1. The second-order valence-corrected chi connectivity index (χ2v) is 10.8. The molecule has 0 aromatic heterocycles. The van der Waals surface area contributed by atoms with Crippen molar-refractivity contribution in [2.75, 3.05) is 12.4 Å². The average Bonchev–Trinajstić information content (AvgIpc) is 3.20. The van der Waals surface area contributed by atoms with Gasteiger partial charge in [-0.15, -0.1) is 0 Å². The fourth-order valence-electron chi connectivity index (χ4n) is 4.84. The van der Waals surface area contributed by atoms with Crippen molar-refractivity contribution in [1.29, 1.82) is 0 Å². The van der Waals surface area contributed by atoms with Gasteiger partial charge >= 0.3 is 6.18 Å². The number of rotatable bonds is 6. The molecule has 0 aliphatic carbocycles. The fraction of sp³-hybridized carbons (Fsp3) is 0.133. The molecule has 2 amide bonds. The first kappa shape index (κ1) is 29.5. The smallest absolute Gasteiger partial charge is 0.416 e. The van der Waals surface area contributed by atoms with Crippen LogP contribution in [0.4, 0.5) is 27.6 Å². The SMILES string of the molecule is COc1ccc(CN2C(=O)c3cc(Br)cc(NC(=O)c4cc(F)cc(C(F)(F)F)c4)c3C2c2cc(F)ccc2Cl)cc1. The molecule has 4 aromatic carbocycles. The van der Waals surface area contributed by atoms with E-state index in [1.54, 1.807) is 24.3 Å². The molecule has 0 saturated heterocycles. The van der Waals surface area contributed by atoms with Gasteiger partial charge in [-0.25, -0.2) is 8.78 Å². The van der Waals surface area contributed by atoms with Gasteiger partial charge in [0.15, 0.2) is 0 Å². The van der Waals surface area contributed by atoms with E-state index in [2.05, 4.69) is 21.2 Å². The lowest BCUT2D eigenvalue weighted by atomic mass is 9.95. The first-order chi connectivity index (χ1) is 19.8. The van der Waals surface area contributed by atoms with Crippen LogP contribution in [0.5, 0.6) is 5.75 Å². The van der Waals surface area contributed by atoms with E-state index in [1.165, 1.54) is 36.3 Å². The zero-order valence-corrected chi connectivity index (χ0v) is 23.9. The highest BCUT2D eigenvalue weighted by Crippen LogP contribution is 2.47. The van der Waals surface area contributed by atoms with Crippen LogP contribution in [0.25, 0.3) is 0 Å². The van der Waals surface area contributed by atoms with E-state index >= 15 is 0 Å². The zero-order chi connectivity index (χ0) is 30.3. The van der Waals surface area contributed by atoms with E-state index < -0.39 is 46.8 Å². The number of methoxy groups -OCH3 is 1. The van der Waals surface area contributed by atoms with Gasteiger partial charge in [0.2, 0.25) is 0 Å². The molecule has 216 valence electrons. The Bertz CT molecular complexity index is 1710. The molecular weight excluding hydrogens is 647 g/mol. The number of carbonyl (C=O) groups excluding carboxylic acids is 2. The lowest BCUT2D eigenvalue weighted by molar-refractivity contribution is -0.137. The topological polar surface area (TPSA) is 58.6 Å². The van der Waals surface area contributed by atoms with Gasteiger partial charge in [-0.1, -0.05) is 39.7 Å². The molecule has 0 bridgehead atoms. The first-order valence-corrected chi connectivity index (χ1v) is 13.4. The average molecular weight is 666 g/mol. The summed E-state index contributed by atoms with van der Waals surface area (Å²) in [5, 5.41) is 2.66. The second-order valence-electron chi connectivity index (χ2n) is 9.44. The monoisotopic (exact) mass is 664 g/mol. The van der Waals surface area contributed by atoms with E-state index in [9.17, 15) is 31.5 Å². The Hall–Kier alpha value is -3.96. The predicted octanol–water partition coefficient (Wildman–Crippen LogP) is 8.41. The molecule has 1 aliphatic heterocycles. The van der Waals surface area contributed by atoms with Crippen LogP contribution in [0.15, 0.2) is 77.3 Å². The normalized spacial score (nSPS) is 14.6. The molecule has 5 nitrogen and oxygen atoms in total. The molecule has 4 aromatic rings. The summed E-state index contributed by atoms with van der Waals surface area (Å²) in [6.45, 7) is 0.0544. The fourth-order valence-corrected chi connectivity index (χ4v) is 5.52. The number of ether oxygens (including phenoxy) is 1. The predicted molar refractivity (Wildman–Crippen MR) is 150 cm³/mol. The van der Waals surface area contributed by atoms with Gasteiger partial charge in [0, 0.05) is 44.0 Å². The third-order valence-electron chi connectivity index (χ3n) is 6.72. The van der Waals surface area contributed by atoms with E-state index in [4.69, 9.17) is 16.3 Å². The summed E-state index contributed by atoms with van der Waals surface area (Å²) >= 11 is 9.81. The standard InChI is InChI=1S/C30H19BrClF5N2O3/c1-42-21-5-2-15(3-6-21)14-39-27(22-13-19(33)4-7-24(22)32)26-23(29(39)41)11-18(31)12-25(26)38-28(40)16-8-17(30(35,36)37)10-20(34)9-16/h2-13,27H,14H2,1H3,(H,38,40). The summed E-state index contributed by atoms with van der Waals surface area (Å²) in [6.07, 6.45) is -4.89. The Kier molecular flexibility index (Phi) is 8.00. The van der Waals surface area contributed by atoms with E-state index in [0.29, 0.717) is 27.9 Å². The molecule has 12 heteroatoms. The Balaban J connectivity index is 1.62. The number of anilines is 1. The first-order valence-electron chi connectivity index (χ1n) is 12.3. The third kappa shape index (κ3) is 5.84. The second kappa shape index (κ2) is 11.4. The molecule has 1 heterocycles. The van der Waals surface area contributed by atoms with Gasteiger partial charge < -0.3 is 15.0 Å². The maximum atomic E-state index is 14.5. The summed E-state index contributed by atoms with van der Waals surface area (Å²) in [4.78, 5) is 28.4. The lowest BCUT2D eigenvalue weighted by Crippen LogP contribution is -2.28. The van der Waals surface area contributed by atoms with Gasteiger partial charge in [-0.2, -0.15) is 13.2 Å². The number of hydrogen-bond acceptors (Lipinski definition) is 3. The number of benzene rings is 4. The molecule has 5 rings (SSSR count). The van der Waals surface area contributed by atoms with Crippen LogP contribution in [0.3, 0.4) is 0 Å². The highest BCUT2D eigenvalue weighted by molar-refractivity contribution is 9.10. The number of carbonyl (C=O) groups is 2. The zero-order valence-electron chi connectivity index (χ0n) is 21.5. The summed E-state index contributed by atoms with van der Waals surface area (Å²) in [5.74, 6) is -2.79. The molecule has 42 heavy (non-hydrogen) atoms. The third-order valence-corrected chi connectivity index (χ3v) is 7.52. The maximum Gasteiger partial charge on any atom is 0.416 e. The Morgan fingerprint density at radius 1 is 1.00 bits per heavy atom. The molecular formula is C30H19BrClF5N2O3. The van der Waals surface area contributed by atoms with Crippen molar-refractivity contribution < 1.29 is 36.3 Å². The lowest BCUT2D eigenvalue weighted by Gasteiger charge is -2.28. The maximum absolute atomic E-state index is 14.5. The Morgan fingerprint density at radius 3 is 2.38 bits per heavy atom. The van der Waals surface area contributed by atoms with Gasteiger partial charge in [0.25, 0.3) is 11.8 Å². The minimum atomic E-state index is -4.89. The van der Waals surface area contributed by atoms with Crippen molar-refractivity contribution in [2.24, 2.45) is 0 Å². The van der Waals surface area contributed by atoms with Crippen molar-refractivity contribution in [3.63, 3.8) is 0 Å². The van der Waals surface area contributed by atoms with Crippen molar-refractivity contribution in [3.8, 4) is 5.75 Å². The van der Waals surface area contributed by atoms with Crippen LogP contribution >= 0.6 is 27.5 Å². The number of alkyl halides is 3. The van der Waals surface area contributed by atoms with Crippen LogP contribution in [-0.4, -0.2) is 23.8 Å².